The van der Waals surface area contributed by atoms with Gasteiger partial charge in [0.1, 0.15) is 5.69 Å². The molecule has 0 spiro atoms. The van der Waals surface area contributed by atoms with E-state index in [1.165, 1.54) is 22.9 Å². The number of hydrogen-bond donors (Lipinski definition) is 3. The van der Waals surface area contributed by atoms with Crippen molar-refractivity contribution in [3.05, 3.63) is 90.9 Å². The zero-order valence-electron chi connectivity index (χ0n) is 18.0. The average Bonchev–Trinajstić information content (AvgIpc) is 3.14. The van der Waals surface area contributed by atoms with E-state index in [1.54, 1.807) is 30.3 Å². The molecule has 3 amide bonds. The molecular formula is C24H16Br2Cl2N4O3. The van der Waals surface area contributed by atoms with E-state index < -0.39 is 17.7 Å². The van der Waals surface area contributed by atoms with Crippen LogP contribution in [0.3, 0.4) is 0 Å². The first-order chi connectivity index (χ1) is 16.6. The van der Waals surface area contributed by atoms with E-state index in [1.807, 2.05) is 19.1 Å². The van der Waals surface area contributed by atoms with Gasteiger partial charge in [0, 0.05) is 19.4 Å². The molecule has 0 radical (unpaired) electrons. The van der Waals surface area contributed by atoms with Crippen molar-refractivity contribution in [2.45, 2.75) is 6.92 Å². The quantitative estimate of drug-likeness (QED) is 0.216. The van der Waals surface area contributed by atoms with Gasteiger partial charge in [0.15, 0.2) is 0 Å². The predicted molar refractivity (Wildman–Crippen MR) is 146 cm³/mol. The molecule has 11 heteroatoms. The first-order valence-corrected chi connectivity index (χ1v) is 12.4. The van der Waals surface area contributed by atoms with Crippen molar-refractivity contribution in [1.82, 2.24) is 4.68 Å². The van der Waals surface area contributed by atoms with Gasteiger partial charge in [0.2, 0.25) is 0 Å². The van der Waals surface area contributed by atoms with Crippen molar-refractivity contribution >= 4 is 95.1 Å². The highest BCUT2D eigenvalue weighted by molar-refractivity contribution is 9.10. The number of hydrogen-bond acceptors (Lipinski definition) is 3. The Morgan fingerprint density at radius 3 is 2.29 bits per heavy atom. The largest absolute Gasteiger partial charge is 0.328 e. The number of nitrogens with zero attached hydrogens (tertiary/aromatic N) is 1. The van der Waals surface area contributed by atoms with Gasteiger partial charge in [-0.2, -0.15) is 0 Å². The van der Waals surface area contributed by atoms with Crippen LogP contribution in [0.4, 0.5) is 11.4 Å². The Balaban J connectivity index is 1.64. The molecule has 0 atom stereocenters. The number of nitrogens with one attached hydrogen (secondary N) is 3. The number of carbonyl (C=O) groups is 3. The van der Waals surface area contributed by atoms with Crippen LogP contribution >= 0.6 is 55.1 Å². The van der Waals surface area contributed by atoms with E-state index >= 15 is 0 Å². The van der Waals surface area contributed by atoms with Gasteiger partial charge in [0.25, 0.3) is 5.91 Å². The van der Waals surface area contributed by atoms with Gasteiger partial charge in [-0.15, -0.1) is 0 Å². The SMILES string of the molecule is Cc1ccc(NC(=O)c2cc3cc(Br)ccc3n2NC(=O)C(=O)Nc2ccc(Cl)cc2Cl)c(Br)c1. The molecule has 4 rings (SSSR count). The van der Waals surface area contributed by atoms with Crippen molar-refractivity contribution in [3.63, 3.8) is 0 Å². The summed E-state index contributed by atoms with van der Waals surface area (Å²) in [7, 11) is 0. The summed E-state index contributed by atoms with van der Waals surface area (Å²) >= 11 is 18.8. The zero-order chi connectivity index (χ0) is 25.3. The van der Waals surface area contributed by atoms with E-state index in [9.17, 15) is 14.4 Å². The summed E-state index contributed by atoms with van der Waals surface area (Å²) in [5.74, 6) is -2.45. The molecule has 7 nitrogen and oxygen atoms in total. The molecule has 35 heavy (non-hydrogen) atoms. The van der Waals surface area contributed by atoms with Crippen LogP contribution in [0.25, 0.3) is 10.9 Å². The molecule has 3 N–H and O–H groups in total. The average molecular weight is 639 g/mol. The highest BCUT2D eigenvalue weighted by Crippen LogP contribution is 2.27. The van der Waals surface area contributed by atoms with Crippen molar-refractivity contribution < 1.29 is 14.4 Å². The monoisotopic (exact) mass is 636 g/mol. The number of halogens is 4. The summed E-state index contributed by atoms with van der Waals surface area (Å²) in [5.41, 5.74) is 4.94. The number of benzene rings is 3. The number of aromatic nitrogens is 1. The standard InChI is InChI=1S/C24H16Br2Cl2N4O3/c1-12-2-5-18(16(26)8-12)29-22(33)21-10-13-9-14(25)3-7-20(13)32(21)31-24(35)23(34)30-19-6-4-15(27)11-17(19)28/h2-11H,1H3,(H,29,33)(H,30,34)(H,31,35). The van der Waals surface area contributed by atoms with E-state index in [0.717, 1.165) is 10.0 Å². The van der Waals surface area contributed by atoms with Crippen LogP contribution < -0.4 is 16.1 Å². The van der Waals surface area contributed by atoms with Gasteiger partial charge >= 0.3 is 11.8 Å². The third-order valence-corrected chi connectivity index (χ3v) is 6.67. The van der Waals surface area contributed by atoms with E-state index in [0.29, 0.717) is 26.1 Å². The molecule has 0 aliphatic rings. The van der Waals surface area contributed by atoms with E-state index in [2.05, 4.69) is 47.9 Å². The summed E-state index contributed by atoms with van der Waals surface area (Å²) in [6.45, 7) is 1.93. The maximum absolute atomic E-state index is 13.2. The van der Waals surface area contributed by atoms with Crippen LogP contribution in [-0.2, 0) is 9.59 Å². The Labute approximate surface area is 227 Å². The maximum Gasteiger partial charge on any atom is 0.328 e. The molecule has 0 aliphatic heterocycles. The van der Waals surface area contributed by atoms with Gasteiger partial charge in [0.05, 0.1) is 21.9 Å². The molecule has 0 fully saturated rings. The highest BCUT2D eigenvalue weighted by Gasteiger charge is 2.22. The Kier molecular flexibility index (Phi) is 7.51. The fraction of sp³-hybridized carbons (Fsp3) is 0.0417. The predicted octanol–water partition coefficient (Wildman–Crippen LogP) is 6.74. The van der Waals surface area contributed by atoms with Gasteiger partial charge in [-0.1, -0.05) is 45.2 Å². The van der Waals surface area contributed by atoms with Crippen molar-refractivity contribution in [2.24, 2.45) is 0 Å². The molecule has 1 aromatic heterocycles. The van der Waals surface area contributed by atoms with Crippen molar-refractivity contribution in [2.75, 3.05) is 16.1 Å². The molecule has 178 valence electrons. The van der Waals surface area contributed by atoms with Crippen LogP contribution in [0.15, 0.2) is 69.6 Å². The maximum atomic E-state index is 13.2. The first kappa shape index (κ1) is 25.2. The fourth-order valence-corrected chi connectivity index (χ4v) is 4.73. The molecule has 0 saturated carbocycles. The summed E-state index contributed by atoms with van der Waals surface area (Å²) in [4.78, 5) is 38.5. The number of fused-ring (bicyclic) bond motifs is 1. The van der Waals surface area contributed by atoms with Crippen LogP contribution in [0, 0.1) is 6.92 Å². The number of amides is 3. The second-order valence-corrected chi connectivity index (χ2v) is 10.1. The Morgan fingerprint density at radius 1 is 0.829 bits per heavy atom. The highest BCUT2D eigenvalue weighted by atomic mass is 79.9. The summed E-state index contributed by atoms with van der Waals surface area (Å²) < 4.78 is 2.77. The summed E-state index contributed by atoms with van der Waals surface area (Å²) in [6.07, 6.45) is 0. The Morgan fingerprint density at radius 2 is 1.57 bits per heavy atom. The Hall–Kier alpha value is -2.85. The minimum Gasteiger partial charge on any atom is -0.320 e. The lowest BCUT2D eigenvalue weighted by atomic mass is 10.2. The van der Waals surface area contributed by atoms with Crippen LogP contribution in [-0.4, -0.2) is 22.4 Å². The van der Waals surface area contributed by atoms with Gasteiger partial charge in [-0.05, 0) is 83.0 Å². The molecule has 3 aromatic carbocycles. The molecule has 0 aliphatic carbocycles. The molecule has 4 aromatic rings. The molecule has 1 heterocycles. The smallest absolute Gasteiger partial charge is 0.320 e. The minimum absolute atomic E-state index is 0.122. The van der Waals surface area contributed by atoms with Crippen LogP contribution in [0.5, 0.6) is 0 Å². The van der Waals surface area contributed by atoms with E-state index in [4.69, 9.17) is 23.2 Å². The minimum atomic E-state index is -0.998. The fourth-order valence-electron chi connectivity index (χ4n) is 3.30. The molecule has 0 unspecified atom stereocenters. The second-order valence-electron chi connectivity index (χ2n) is 7.52. The second kappa shape index (κ2) is 10.4. The lowest BCUT2D eigenvalue weighted by Crippen LogP contribution is -2.36. The number of rotatable bonds is 4. The lowest BCUT2D eigenvalue weighted by molar-refractivity contribution is -0.133. The van der Waals surface area contributed by atoms with Crippen LogP contribution in [0.1, 0.15) is 16.1 Å². The summed E-state index contributed by atoms with van der Waals surface area (Å²) in [6, 6.07) is 16.8. The van der Waals surface area contributed by atoms with Gasteiger partial charge < -0.3 is 10.6 Å². The first-order valence-electron chi connectivity index (χ1n) is 10.1. The normalized spacial score (nSPS) is 10.8. The molecule has 0 saturated heterocycles. The number of carbonyl (C=O) groups excluding carboxylic acids is 3. The molecular weight excluding hydrogens is 623 g/mol. The van der Waals surface area contributed by atoms with Crippen LogP contribution in [0.2, 0.25) is 10.0 Å². The van der Waals surface area contributed by atoms with E-state index in [-0.39, 0.29) is 16.4 Å². The molecule has 0 bridgehead atoms. The lowest BCUT2D eigenvalue weighted by Gasteiger charge is -2.14. The van der Waals surface area contributed by atoms with Gasteiger partial charge in [-0.25, -0.2) is 4.68 Å². The van der Waals surface area contributed by atoms with Crippen molar-refractivity contribution in [1.29, 1.82) is 0 Å². The topological polar surface area (TPSA) is 92.2 Å². The van der Waals surface area contributed by atoms with Crippen molar-refractivity contribution in [3.8, 4) is 0 Å². The van der Waals surface area contributed by atoms with Gasteiger partial charge in [-0.3, -0.25) is 19.8 Å². The zero-order valence-corrected chi connectivity index (χ0v) is 22.6. The number of aryl methyl sites for hydroxylation is 1. The summed E-state index contributed by atoms with van der Waals surface area (Å²) in [5, 5.41) is 6.51. The Bertz CT molecular complexity index is 1500. The third-order valence-electron chi connectivity index (χ3n) is 4.97. The third kappa shape index (κ3) is 5.70. The number of anilines is 2.